The lowest BCUT2D eigenvalue weighted by Crippen LogP contribution is -2.51. The highest BCUT2D eigenvalue weighted by Crippen LogP contribution is 2.13. The summed E-state index contributed by atoms with van der Waals surface area (Å²) >= 11 is 0. The number of carbonyl (C=O) groups excluding carboxylic acids is 1. The average molecular weight is 288 g/mol. The molecule has 1 fully saturated rings. The van der Waals surface area contributed by atoms with E-state index in [-0.39, 0.29) is 5.78 Å². The number of piperazine rings is 1. The van der Waals surface area contributed by atoms with Crippen molar-refractivity contribution < 1.29 is 4.79 Å². The molecule has 0 saturated carbocycles. The molecule has 1 aromatic rings. The number of carbonyl (C=O) groups is 1. The van der Waals surface area contributed by atoms with Gasteiger partial charge in [0, 0.05) is 44.2 Å². The van der Waals surface area contributed by atoms with Crippen LogP contribution >= 0.6 is 0 Å². The number of hydrogen-bond donors (Lipinski definition) is 0. The van der Waals surface area contributed by atoms with E-state index >= 15 is 0 Å². The SMILES string of the molecule is CCN1CCN(CCC(=O)c2cc(C)cc(C)c2)CC1C. The highest BCUT2D eigenvalue weighted by molar-refractivity contribution is 5.96. The molecule has 0 aliphatic carbocycles. The summed E-state index contributed by atoms with van der Waals surface area (Å²) < 4.78 is 0. The second-order valence-corrected chi connectivity index (χ2v) is 6.33. The lowest BCUT2D eigenvalue weighted by molar-refractivity contribution is 0.0796. The molecule has 0 aromatic heterocycles. The molecule has 1 aliphatic rings. The molecule has 3 nitrogen and oxygen atoms in total. The molecule has 0 bridgehead atoms. The second-order valence-electron chi connectivity index (χ2n) is 6.33. The van der Waals surface area contributed by atoms with Crippen molar-refractivity contribution in [3.63, 3.8) is 0 Å². The van der Waals surface area contributed by atoms with Crippen molar-refractivity contribution in [1.29, 1.82) is 0 Å². The summed E-state index contributed by atoms with van der Waals surface area (Å²) in [5.41, 5.74) is 3.21. The molecule has 1 saturated heterocycles. The number of benzene rings is 1. The lowest BCUT2D eigenvalue weighted by atomic mass is 10.0. The Balaban J connectivity index is 1.87. The molecule has 3 heteroatoms. The largest absolute Gasteiger partial charge is 0.300 e. The van der Waals surface area contributed by atoms with Crippen LogP contribution in [0.15, 0.2) is 18.2 Å². The van der Waals surface area contributed by atoms with Gasteiger partial charge in [-0.05, 0) is 39.4 Å². The van der Waals surface area contributed by atoms with Crippen LogP contribution in [0.2, 0.25) is 0 Å². The van der Waals surface area contributed by atoms with Gasteiger partial charge in [-0.15, -0.1) is 0 Å². The summed E-state index contributed by atoms with van der Waals surface area (Å²) in [4.78, 5) is 17.3. The summed E-state index contributed by atoms with van der Waals surface area (Å²) in [6.45, 7) is 13.9. The quantitative estimate of drug-likeness (QED) is 0.778. The Morgan fingerprint density at radius 2 is 1.86 bits per heavy atom. The fourth-order valence-electron chi connectivity index (χ4n) is 3.28. The first kappa shape index (κ1) is 16.2. The predicted octanol–water partition coefficient (Wildman–Crippen LogP) is 2.90. The number of likely N-dealkylation sites (N-methyl/N-ethyl adjacent to an activating group) is 1. The van der Waals surface area contributed by atoms with Gasteiger partial charge in [0.2, 0.25) is 0 Å². The fraction of sp³-hybridized carbons (Fsp3) is 0.611. The minimum atomic E-state index is 0.271. The maximum atomic E-state index is 12.4. The molecule has 0 radical (unpaired) electrons. The van der Waals surface area contributed by atoms with Gasteiger partial charge < -0.3 is 4.90 Å². The van der Waals surface area contributed by atoms with Crippen LogP contribution < -0.4 is 0 Å². The van der Waals surface area contributed by atoms with Crippen molar-refractivity contribution in [3.8, 4) is 0 Å². The van der Waals surface area contributed by atoms with E-state index in [2.05, 4.69) is 43.6 Å². The highest BCUT2D eigenvalue weighted by atomic mass is 16.1. The van der Waals surface area contributed by atoms with Crippen LogP contribution in [0.25, 0.3) is 0 Å². The Labute approximate surface area is 128 Å². The van der Waals surface area contributed by atoms with Gasteiger partial charge in [-0.3, -0.25) is 9.69 Å². The molecule has 1 aliphatic heterocycles. The van der Waals surface area contributed by atoms with Crippen molar-refractivity contribution in [2.75, 3.05) is 32.7 Å². The molecule has 21 heavy (non-hydrogen) atoms. The van der Waals surface area contributed by atoms with Crippen LogP contribution in [0.1, 0.15) is 41.8 Å². The number of ketones is 1. The molecular formula is C18H28N2O. The summed E-state index contributed by atoms with van der Waals surface area (Å²) in [5, 5.41) is 0. The zero-order valence-electron chi connectivity index (χ0n) is 13.9. The first-order valence-electron chi connectivity index (χ1n) is 8.07. The standard InChI is InChI=1S/C18H28N2O/c1-5-20-9-8-19(13-16(20)4)7-6-18(21)17-11-14(2)10-15(3)12-17/h10-12,16H,5-9,13H2,1-4H3. The van der Waals surface area contributed by atoms with E-state index in [4.69, 9.17) is 0 Å². The van der Waals surface area contributed by atoms with Gasteiger partial charge in [-0.25, -0.2) is 0 Å². The van der Waals surface area contributed by atoms with Gasteiger partial charge in [0.05, 0.1) is 0 Å². The van der Waals surface area contributed by atoms with Crippen LogP contribution in [0.4, 0.5) is 0 Å². The van der Waals surface area contributed by atoms with Crippen molar-refractivity contribution >= 4 is 5.78 Å². The minimum absolute atomic E-state index is 0.271. The van der Waals surface area contributed by atoms with E-state index in [0.717, 1.165) is 38.3 Å². The van der Waals surface area contributed by atoms with Crippen molar-refractivity contribution in [2.45, 2.75) is 40.2 Å². The zero-order chi connectivity index (χ0) is 15.4. The van der Waals surface area contributed by atoms with Crippen molar-refractivity contribution in [1.82, 2.24) is 9.80 Å². The third kappa shape index (κ3) is 4.39. The Kier molecular flexibility index (Phi) is 5.54. The maximum absolute atomic E-state index is 12.4. The second kappa shape index (κ2) is 7.19. The van der Waals surface area contributed by atoms with Crippen LogP contribution in [0, 0.1) is 13.8 Å². The molecule has 2 rings (SSSR count). The number of rotatable bonds is 5. The molecule has 0 N–H and O–H groups in total. The Morgan fingerprint density at radius 3 is 2.43 bits per heavy atom. The first-order chi connectivity index (χ1) is 9.99. The molecule has 1 unspecified atom stereocenters. The van der Waals surface area contributed by atoms with E-state index < -0.39 is 0 Å². The van der Waals surface area contributed by atoms with E-state index in [1.54, 1.807) is 0 Å². The van der Waals surface area contributed by atoms with E-state index in [0.29, 0.717) is 12.5 Å². The zero-order valence-corrected chi connectivity index (χ0v) is 13.9. The van der Waals surface area contributed by atoms with E-state index in [1.165, 1.54) is 11.1 Å². The molecular weight excluding hydrogens is 260 g/mol. The molecule has 0 amide bonds. The highest BCUT2D eigenvalue weighted by Gasteiger charge is 2.22. The molecule has 1 heterocycles. The Bertz CT molecular complexity index is 478. The van der Waals surface area contributed by atoms with Gasteiger partial charge in [-0.2, -0.15) is 0 Å². The van der Waals surface area contributed by atoms with Gasteiger partial charge in [-0.1, -0.05) is 24.1 Å². The van der Waals surface area contributed by atoms with Crippen molar-refractivity contribution in [3.05, 3.63) is 34.9 Å². The lowest BCUT2D eigenvalue weighted by Gasteiger charge is -2.39. The number of hydrogen-bond acceptors (Lipinski definition) is 3. The number of nitrogens with zero attached hydrogens (tertiary/aromatic N) is 2. The van der Waals surface area contributed by atoms with E-state index in [9.17, 15) is 4.79 Å². The van der Waals surface area contributed by atoms with Crippen LogP contribution in [-0.2, 0) is 0 Å². The van der Waals surface area contributed by atoms with Crippen molar-refractivity contribution in [2.24, 2.45) is 0 Å². The van der Waals surface area contributed by atoms with Gasteiger partial charge >= 0.3 is 0 Å². The van der Waals surface area contributed by atoms with Crippen LogP contribution in [0.3, 0.4) is 0 Å². The summed E-state index contributed by atoms with van der Waals surface area (Å²) in [6.07, 6.45) is 0.627. The van der Waals surface area contributed by atoms with Crippen LogP contribution in [0.5, 0.6) is 0 Å². The Hall–Kier alpha value is -1.19. The summed E-state index contributed by atoms with van der Waals surface area (Å²) in [6, 6.07) is 6.72. The summed E-state index contributed by atoms with van der Waals surface area (Å²) in [5.74, 6) is 0.271. The third-order valence-corrected chi connectivity index (χ3v) is 4.45. The third-order valence-electron chi connectivity index (χ3n) is 4.45. The number of Topliss-reactive ketones (excluding diaryl/α,β-unsaturated/α-hetero) is 1. The van der Waals surface area contributed by atoms with Gasteiger partial charge in [0.1, 0.15) is 0 Å². The van der Waals surface area contributed by atoms with Gasteiger partial charge in [0.15, 0.2) is 5.78 Å². The smallest absolute Gasteiger partial charge is 0.164 e. The average Bonchev–Trinajstić information content (AvgIpc) is 2.43. The molecule has 1 atom stereocenters. The molecule has 1 aromatic carbocycles. The molecule has 116 valence electrons. The van der Waals surface area contributed by atoms with E-state index in [1.807, 2.05) is 12.1 Å². The van der Waals surface area contributed by atoms with Crippen LogP contribution in [-0.4, -0.2) is 54.3 Å². The topological polar surface area (TPSA) is 23.6 Å². The predicted molar refractivity (Wildman–Crippen MR) is 88.0 cm³/mol. The summed E-state index contributed by atoms with van der Waals surface area (Å²) in [7, 11) is 0. The monoisotopic (exact) mass is 288 g/mol. The fourth-order valence-corrected chi connectivity index (χ4v) is 3.28. The van der Waals surface area contributed by atoms with Gasteiger partial charge in [0.25, 0.3) is 0 Å². The molecule has 0 spiro atoms. The first-order valence-corrected chi connectivity index (χ1v) is 8.07. The maximum Gasteiger partial charge on any atom is 0.164 e. The normalized spacial score (nSPS) is 20.7. The minimum Gasteiger partial charge on any atom is -0.300 e. The number of aryl methyl sites for hydroxylation is 2. The Morgan fingerprint density at radius 1 is 1.19 bits per heavy atom.